The van der Waals surface area contributed by atoms with Gasteiger partial charge in [0.2, 0.25) is 12.7 Å². The second-order valence-electron chi connectivity index (χ2n) is 5.36. The first-order valence-electron chi connectivity index (χ1n) is 7.70. The molecule has 132 valence electrons. The van der Waals surface area contributed by atoms with Crippen molar-refractivity contribution in [2.45, 2.75) is 26.0 Å². The molecule has 1 amide bonds. The Balaban J connectivity index is 1.60. The van der Waals surface area contributed by atoms with E-state index in [1.807, 2.05) is 25.1 Å². The van der Waals surface area contributed by atoms with Gasteiger partial charge < -0.3 is 19.5 Å². The molecule has 1 aromatic heterocycles. The molecule has 2 aromatic rings. The predicted molar refractivity (Wildman–Crippen MR) is 93.4 cm³/mol. The number of ether oxygens (including phenoxy) is 3. The summed E-state index contributed by atoms with van der Waals surface area (Å²) >= 11 is 11.8. The summed E-state index contributed by atoms with van der Waals surface area (Å²) in [5.74, 6) is 1.30. The number of carbonyl (C=O) groups is 1. The average molecular weight is 383 g/mol. The van der Waals surface area contributed by atoms with Crippen molar-refractivity contribution in [3.8, 4) is 17.4 Å². The van der Waals surface area contributed by atoms with Gasteiger partial charge in [0.15, 0.2) is 17.6 Å². The molecule has 0 saturated heterocycles. The Bertz CT molecular complexity index is 785. The third-order valence-corrected chi connectivity index (χ3v) is 4.07. The van der Waals surface area contributed by atoms with Gasteiger partial charge in [-0.1, -0.05) is 36.2 Å². The minimum Gasteiger partial charge on any atom is -0.463 e. The quantitative estimate of drug-likeness (QED) is 0.826. The molecule has 1 aliphatic heterocycles. The molecule has 0 unspecified atom stereocenters. The van der Waals surface area contributed by atoms with Crippen LogP contribution in [0.25, 0.3) is 0 Å². The number of fused-ring (bicyclic) bond motifs is 1. The molecule has 0 fully saturated rings. The molecule has 8 heteroatoms. The monoisotopic (exact) mass is 382 g/mol. The maximum atomic E-state index is 12.4. The molecule has 1 aliphatic rings. The van der Waals surface area contributed by atoms with Crippen LogP contribution < -0.4 is 19.5 Å². The van der Waals surface area contributed by atoms with Crippen LogP contribution in [0.1, 0.15) is 18.9 Å². The summed E-state index contributed by atoms with van der Waals surface area (Å²) in [5.41, 5.74) is 0.898. The van der Waals surface area contributed by atoms with Crippen LogP contribution in [0, 0.1) is 0 Å². The van der Waals surface area contributed by atoms with Crippen molar-refractivity contribution in [1.82, 2.24) is 10.3 Å². The lowest BCUT2D eigenvalue weighted by Crippen LogP contribution is -2.37. The van der Waals surface area contributed by atoms with Crippen molar-refractivity contribution in [3.63, 3.8) is 0 Å². The van der Waals surface area contributed by atoms with E-state index in [1.54, 1.807) is 0 Å². The van der Waals surface area contributed by atoms with Crippen molar-refractivity contribution in [3.05, 3.63) is 46.1 Å². The molecular weight excluding hydrogens is 367 g/mol. The highest BCUT2D eigenvalue weighted by Gasteiger charge is 2.21. The van der Waals surface area contributed by atoms with Crippen molar-refractivity contribution in [2.24, 2.45) is 0 Å². The summed E-state index contributed by atoms with van der Waals surface area (Å²) in [6.45, 7) is 2.40. The zero-order valence-electron chi connectivity index (χ0n) is 13.4. The first-order valence-corrected chi connectivity index (χ1v) is 8.46. The lowest BCUT2D eigenvalue weighted by molar-refractivity contribution is -0.128. The van der Waals surface area contributed by atoms with E-state index in [0.29, 0.717) is 29.5 Å². The molecular formula is C17H16Cl2N2O4. The molecule has 0 radical (unpaired) electrons. The summed E-state index contributed by atoms with van der Waals surface area (Å²) in [6.07, 6.45) is 1.17. The van der Waals surface area contributed by atoms with E-state index in [9.17, 15) is 4.79 Å². The summed E-state index contributed by atoms with van der Waals surface area (Å²) in [6, 6.07) is 7.03. The van der Waals surface area contributed by atoms with Gasteiger partial charge in [-0.2, -0.15) is 0 Å². The first-order chi connectivity index (χ1) is 12.1. The van der Waals surface area contributed by atoms with Gasteiger partial charge in [-0.15, -0.1) is 0 Å². The van der Waals surface area contributed by atoms with E-state index < -0.39 is 6.10 Å². The first kappa shape index (κ1) is 17.6. The highest BCUT2D eigenvalue weighted by Crippen LogP contribution is 2.32. The van der Waals surface area contributed by atoms with Gasteiger partial charge in [0.25, 0.3) is 5.91 Å². The van der Waals surface area contributed by atoms with Gasteiger partial charge in [-0.25, -0.2) is 4.98 Å². The molecule has 6 nitrogen and oxygen atoms in total. The number of hydrogen-bond donors (Lipinski definition) is 1. The Kier molecular flexibility index (Phi) is 5.50. The van der Waals surface area contributed by atoms with Crippen LogP contribution in [0.4, 0.5) is 0 Å². The number of carbonyl (C=O) groups excluding carboxylic acids is 1. The molecule has 0 spiro atoms. The fourth-order valence-electron chi connectivity index (χ4n) is 2.30. The van der Waals surface area contributed by atoms with Crippen molar-refractivity contribution >= 4 is 29.1 Å². The van der Waals surface area contributed by atoms with Gasteiger partial charge in [-0.3, -0.25) is 4.79 Å². The molecule has 0 saturated carbocycles. The van der Waals surface area contributed by atoms with Gasteiger partial charge in [0.1, 0.15) is 5.02 Å². The summed E-state index contributed by atoms with van der Waals surface area (Å²) in [4.78, 5) is 16.4. The van der Waals surface area contributed by atoms with Crippen molar-refractivity contribution < 1.29 is 19.0 Å². The summed E-state index contributed by atoms with van der Waals surface area (Å²) < 4.78 is 16.2. The molecule has 1 atom stereocenters. The molecule has 0 aliphatic carbocycles. The molecule has 1 aromatic carbocycles. The van der Waals surface area contributed by atoms with Crippen LogP contribution in [0.5, 0.6) is 17.4 Å². The Morgan fingerprint density at radius 2 is 2.12 bits per heavy atom. The molecule has 0 bridgehead atoms. The van der Waals surface area contributed by atoms with Crippen LogP contribution in [0.15, 0.2) is 30.5 Å². The normalized spacial score (nSPS) is 13.4. The van der Waals surface area contributed by atoms with E-state index >= 15 is 0 Å². The third-order valence-electron chi connectivity index (χ3n) is 3.59. The highest BCUT2D eigenvalue weighted by atomic mass is 35.5. The molecule has 1 N–H and O–H groups in total. The number of nitrogens with zero attached hydrogens (tertiary/aromatic N) is 1. The van der Waals surface area contributed by atoms with Gasteiger partial charge in [0, 0.05) is 12.7 Å². The second kappa shape index (κ2) is 7.80. The maximum Gasteiger partial charge on any atom is 0.261 e. The fraction of sp³-hybridized carbons (Fsp3) is 0.294. The van der Waals surface area contributed by atoms with E-state index in [4.69, 9.17) is 37.4 Å². The molecule has 25 heavy (non-hydrogen) atoms. The van der Waals surface area contributed by atoms with Gasteiger partial charge >= 0.3 is 0 Å². The predicted octanol–water partition coefficient (Wildman–Crippen LogP) is 3.59. The SMILES string of the molecule is CC[C@@H](Oc1ncc(Cl)cc1Cl)C(=O)NCc1ccc2c(c1)OCO2. The highest BCUT2D eigenvalue weighted by molar-refractivity contribution is 6.35. The number of halogens is 2. The van der Waals surface area contributed by atoms with Crippen LogP contribution in [-0.2, 0) is 11.3 Å². The van der Waals surface area contributed by atoms with E-state index in [-0.39, 0.29) is 23.6 Å². The van der Waals surface area contributed by atoms with Crippen LogP contribution in [-0.4, -0.2) is 23.8 Å². The number of rotatable bonds is 6. The smallest absolute Gasteiger partial charge is 0.261 e. The van der Waals surface area contributed by atoms with Gasteiger partial charge in [-0.05, 0) is 30.2 Å². The lowest BCUT2D eigenvalue weighted by Gasteiger charge is -2.17. The van der Waals surface area contributed by atoms with Crippen molar-refractivity contribution in [1.29, 1.82) is 0 Å². The summed E-state index contributed by atoms with van der Waals surface area (Å²) in [5, 5.41) is 3.49. The lowest BCUT2D eigenvalue weighted by atomic mass is 10.2. The molecule has 2 heterocycles. The van der Waals surface area contributed by atoms with E-state index in [0.717, 1.165) is 5.56 Å². The summed E-state index contributed by atoms with van der Waals surface area (Å²) in [7, 11) is 0. The average Bonchev–Trinajstić information content (AvgIpc) is 3.07. The van der Waals surface area contributed by atoms with Crippen LogP contribution >= 0.6 is 23.2 Å². The topological polar surface area (TPSA) is 69.7 Å². The Labute approximate surface area is 155 Å². The number of benzene rings is 1. The van der Waals surface area contributed by atoms with Crippen LogP contribution in [0.2, 0.25) is 10.0 Å². The second-order valence-corrected chi connectivity index (χ2v) is 6.20. The number of amides is 1. The van der Waals surface area contributed by atoms with E-state index in [1.165, 1.54) is 12.3 Å². The minimum atomic E-state index is -0.708. The Morgan fingerprint density at radius 1 is 1.32 bits per heavy atom. The standard InChI is InChI=1S/C17H16Cl2N2O4/c1-2-13(25-17-12(19)6-11(18)8-21-17)16(22)20-7-10-3-4-14-15(5-10)24-9-23-14/h3-6,8,13H,2,7,9H2,1H3,(H,20,22)/t13-/m1/s1. The number of hydrogen-bond acceptors (Lipinski definition) is 5. The van der Waals surface area contributed by atoms with E-state index in [2.05, 4.69) is 10.3 Å². The fourth-order valence-corrected chi connectivity index (χ4v) is 2.72. The largest absolute Gasteiger partial charge is 0.463 e. The number of nitrogens with one attached hydrogen (secondary N) is 1. The number of aromatic nitrogens is 1. The van der Waals surface area contributed by atoms with Gasteiger partial charge in [0.05, 0.1) is 5.02 Å². The Hall–Kier alpha value is -2.18. The Morgan fingerprint density at radius 3 is 2.88 bits per heavy atom. The zero-order valence-corrected chi connectivity index (χ0v) is 14.9. The zero-order chi connectivity index (χ0) is 17.8. The maximum absolute atomic E-state index is 12.4. The molecule has 3 rings (SSSR count). The number of pyridine rings is 1. The minimum absolute atomic E-state index is 0.177. The van der Waals surface area contributed by atoms with Crippen LogP contribution in [0.3, 0.4) is 0 Å². The third kappa shape index (κ3) is 4.27. The van der Waals surface area contributed by atoms with Crippen molar-refractivity contribution in [2.75, 3.05) is 6.79 Å².